The van der Waals surface area contributed by atoms with Gasteiger partial charge in [0.2, 0.25) is 7.90 Å². The Kier molecular flexibility index (Phi) is 3.27. The Morgan fingerprint density at radius 2 is 2.50 bits per heavy atom. The van der Waals surface area contributed by atoms with E-state index in [1.54, 1.807) is 6.08 Å². The number of nitrogens with one attached hydrogen (secondary N) is 1. The minimum absolute atomic E-state index is 0.673. The van der Waals surface area contributed by atoms with E-state index in [0.29, 0.717) is 6.04 Å². The molecule has 3 heteroatoms. The summed E-state index contributed by atoms with van der Waals surface area (Å²) in [5.41, 5.74) is 0. The highest BCUT2D eigenvalue weighted by Crippen LogP contribution is 1.85. The molecular weight excluding hydrogens is 114 g/mol. The number of hydrogen-bond acceptors (Lipinski definition) is 1. The van der Waals surface area contributed by atoms with Crippen molar-refractivity contribution in [2.75, 3.05) is 0 Å². The number of rotatable bonds is 2. The predicted octanol–water partition coefficient (Wildman–Crippen LogP) is 1.75. The zero-order valence-electron chi connectivity index (χ0n) is 3.37. The van der Waals surface area contributed by atoms with Gasteiger partial charge < -0.3 is 5.05 Å². The third-order valence-corrected chi connectivity index (χ3v) is 1.43. The monoisotopic (exact) mass is 119 g/mol. The van der Waals surface area contributed by atoms with E-state index in [-0.39, 0.29) is 0 Å². The highest BCUT2D eigenvalue weighted by atomic mass is 35.6. The Morgan fingerprint density at radius 3 is 2.50 bits per heavy atom. The van der Waals surface area contributed by atoms with Crippen molar-refractivity contribution in [3.8, 4) is 0 Å². The van der Waals surface area contributed by atoms with E-state index >= 15 is 0 Å². The molecule has 0 saturated carbocycles. The molecule has 1 nitrogen and oxygen atoms in total. The maximum Gasteiger partial charge on any atom is 0.229 e. The van der Waals surface area contributed by atoms with Crippen LogP contribution in [0.5, 0.6) is 0 Å². The molecule has 0 bridgehead atoms. The summed E-state index contributed by atoms with van der Waals surface area (Å²) in [5, 5.41) is 6.77. The zero-order valence-corrected chi connectivity index (χ0v) is 5.13. The minimum Gasteiger partial charge on any atom is -0.335 e. The van der Waals surface area contributed by atoms with Crippen molar-refractivity contribution < 1.29 is 0 Å². The molecule has 0 atom stereocenters. The quantitative estimate of drug-likeness (QED) is 0.325. The lowest BCUT2D eigenvalue weighted by Crippen LogP contribution is -1.77. The third kappa shape index (κ3) is 4.05. The van der Waals surface area contributed by atoms with Gasteiger partial charge in [0.05, 0.1) is 0 Å². The highest BCUT2D eigenvalue weighted by Gasteiger charge is 1.82. The summed E-state index contributed by atoms with van der Waals surface area (Å²) in [6.07, 6.45) is 1.67. The van der Waals surface area contributed by atoms with Gasteiger partial charge in [-0.1, -0.05) is 6.08 Å². The van der Waals surface area contributed by atoms with Gasteiger partial charge in [-0.05, 0) is 0 Å². The fraction of sp³-hybridized carbons (Fsp3) is 0.333. The summed E-state index contributed by atoms with van der Waals surface area (Å²) in [5.74, 6) is 0. The summed E-state index contributed by atoms with van der Waals surface area (Å²) in [4.78, 5) is 0. The number of hydrogen-bond donors (Lipinski definition) is 1. The first-order chi connectivity index (χ1) is 2.77. The Morgan fingerprint density at radius 1 is 2.00 bits per heavy atom. The molecule has 0 fully saturated rings. The molecule has 0 rings (SSSR count). The second-order valence-corrected chi connectivity index (χ2v) is 3.48. The zero-order chi connectivity index (χ0) is 4.99. The first kappa shape index (κ1) is 6.05. The first-order valence-corrected chi connectivity index (χ1v) is 4.33. The molecule has 0 aromatic heterocycles. The maximum absolute atomic E-state index is 6.77. The minimum atomic E-state index is -1.28. The van der Waals surface area contributed by atoms with Crippen LogP contribution in [-0.2, 0) is 0 Å². The van der Waals surface area contributed by atoms with E-state index in [9.17, 15) is 0 Å². The van der Waals surface area contributed by atoms with Gasteiger partial charge in [-0.15, -0.1) is 17.7 Å². The molecule has 0 aromatic rings. The highest BCUT2D eigenvalue weighted by molar-refractivity contribution is 6.98. The molecular formula is C3H6ClNSi. The van der Waals surface area contributed by atoms with Crippen molar-refractivity contribution in [2.45, 2.75) is 6.04 Å². The second-order valence-electron chi connectivity index (χ2n) is 0.898. The molecule has 1 N–H and O–H groups in total. The van der Waals surface area contributed by atoms with Gasteiger partial charge >= 0.3 is 0 Å². The van der Waals surface area contributed by atoms with Gasteiger partial charge in [0.15, 0.2) is 0 Å². The van der Waals surface area contributed by atoms with Crippen molar-refractivity contribution in [2.24, 2.45) is 0 Å². The Labute approximate surface area is 43.5 Å². The average molecular weight is 120 g/mol. The topological polar surface area (TPSA) is 23.9 Å². The van der Waals surface area contributed by atoms with E-state index in [1.807, 2.05) is 0 Å². The number of halogens is 1. The first-order valence-electron chi connectivity index (χ1n) is 1.61. The molecule has 0 aliphatic carbocycles. The molecule has 34 valence electrons. The second kappa shape index (κ2) is 3.25. The van der Waals surface area contributed by atoms with Crippen molar-refractivity contribution in [3.63, 3.8) is 0 Å². The van der Waals surface area contributed by atoms with Crippen molar-refractivity contribution in [1.82, 2.24) is 0 Å². The van der Waals surface area contributed by atoms with Crippen LogP contribution in [-0.4, -0.2) is 7.90 Å². The molecule has 0 spiro atoms. The fourth-order valence-electron chi connectivity index (χ4n) is 0.127. The Hall–Kier alpha value is 0.0469. The van der Waals surface area contributed by atoms with E-state index in [2.05, 4.69) is 6.58 Å². The average Bonchev–Trinajstić information content (AvgIpc) is 1.35. The molecule has 0 aliphatic rings. The molecule has 0 heterocycles. The Bertz CT molecular complexity index is 71.2. The fourth-order valence-corrected chi connectivity index (χ4v) is 0.707. The molecule has 0 aliphatic heterocycles. The molecule has 0 saturated heterocycles. The van der Waals surface area contributed by atoms with Gasteiger partial charge in [0, 0.05) is 6.04 Å². The van der Waals surface area contributed by atoms with Gasteiger partial charge in [-0.25, -0.2) is 0 Å². The summed E-state index contributed by atoms with van der Waals surface area (Å²) in [6, 6.07) is 0.673. The van der Waals surface area contributed by atoms with Crippen LogP contribution in [0.2, 0.25) is 6.04 Å². The predicted molar refractivity (Wildman–Crippen MR) is 29.3 cm³/mol. The van der Waals surface area contributed by atoms with Crippen LogP contribution < -0.4 is 0 Å². The van der Waals surface area contributed by atoms with E-state index < -0.39 is 7.90 Å². The number of allylic oxidation sites excluding steroid dienone is 1. The summed E-state index contributed by atoms with van der Waals surface area (Å²) in [7, 11) is -1.28. The maximum atomic E-state index is 6.77. The lowest BCUT2D eigenvalue weighted by molar-refractivity contribution is 1.54. The van der Waals surface area contributed by atoms with Gasteiger partial charge in [0.1, 0.15) is 0 Å². The molecule has 0 amide bonds. The summed E-state index contributed by atoms with van der Waals surface area (Å²) >= 11 is 5.28. The van der Waals surface area contributed by atoms with Gasteiger partial charge in [0.25, 0.3) is 0 Å². The van der Waals surface area contributed by atoms with Crippen LogP contribution in [0.3, 0.4) is 0 Å². The smallest absolute Gasteiger partial charge is 0.229 e. The van der Waals surface area contributed by atoms with Gasteiger partial charge in [-0.3, -0.25) is 0 Å². The van der Waals surface area contributed by atoms with Crippen molar-refractivity contribution in [3.05, 3.63) is 12.7 Å². The Balaban J connectivity index is 3.05. The lowest BCUT2D eigenvalue weighted by Gasteiger charge is -1.74. The van der Waals surface area contributed by atoms with Crippen molar-refractivity contribution in [1.29, 1.82) is 5.05 Å². The molecule has 0 aromatic carbocycles. The molecule has 0 radical (unpaired) electrons. The van der Waals surface area contributed by atoms with Crippen LogP contribution in [0.1, 0.15) is 0 Å². The van der Waals surface area contributed by atoms with E-state index in [4.69, 9.17) is 16.1 Å². The van der Waals surface area contributed by atoms with Crippen LogP contribution >= 0.6 is 11.1 Å². The van der Waals surface area contributed by atoms with Crippen molar-refractivity contribution >= 4 is 19.0 Å². The van der Waals surface area contributed by atoms with E-state index in [1.165, 1.54) is 0 Å². The van der Waals surface area contributed by atoms with Crippen LogP contribution in [0.25, 0.3) is 0 Å². The summed E-state index contributed by atoms with van der Waals surface area (Å²) in [6.45, 7) is 3.42. The van der Waals surface area contributed by atoms with E-state index in [0.717, 1.165) is 0 Å². The van der Waals surface area contributed by atoms with Crippen LogP contribution in [0.15, 0.2) is 12.7 Å². The standard InChI is InChI=1S/C3H6ClNSi/c1-2-3-6(4)5/h2,5H,1,3H2. The lowest BCUT2D eigenvalue weighted by atomic mass is 10.8. The third-order valence-electron chi connectivity index (χ3n) is 0.324. The molecule has 6 heavy (non-hydrogen) atoms. The molecule has 0 unspecified atom stereocenters. The van der Waals surface area contributed by atoms with Gasteiger partial charge in [-0.2, -0.15) is 0 Å². The normalized spacial score (nSPS) is 7.50. The van der Waals surface area contributed by atoms with Crippen LogP contribution in [0.4, 0.5) is 0 Å². The largest absolute Gasteiger partial charge is 0.335 e. The SMILES string of the molecule is C=CC[Si](=N)Cl. The summed E-state index contributed by atoms with van der Waals surface area (Å²) < 4.78 is 0. The van der Waals surface area contributed by atoms with Crippen LogP contribution in [0, 0.1) is 5.05 Å².